The minimum Gasteiger partial charge on any atom is -0.493 e. The van der Waals surface area contributed by atoms with Crippen molar-refractivity contribution in [2.45, 2.75) is 20.0 Å². The van der Waals surface area contributed by atoms with E-state index in [1.54, 1.807) is 0 Å². The molecule has 2 rings (SSSR count). The summed E-state index contributed by atoms with van der Waals surface area (Å²) >= 11 is 0. The van der Waals surface area contributed by atoms with Crippen LogP contribution in [0.25, 0.3) is 0 Å². The van der Waals surface area contributed by atoms with Gasteiger partial charge in [-0.15, -0.1) is 0 Å². The summed E-state index contributed by atoms with van der Waals surface area (Å²) in [5.41, 5.74) is 0.0381. The predicted octanol–water partition coefficient (Wildman–Crippen LogP) is 3.13. The van der Waals surface area contributed by atoms with E-state index in [1.165, 1.54) is 39.2 Å². The van der Waals surface area contributed by atoms with Crippen molar-refractivity contribution in [3.63, 3.8) is 0 Å². The van der Waals surface area contributed by atoms with E-state index in [0.717, 1.165) is 18.2 Å². The van der Waals surface area contributed by atoms with Crippen LogP contribution in [0.1, 0.15) is 24.2 Å². The molecule has 0 aliphatic carbocycles. The SMILES string of the molecule is COc1cc(C(C)=O)ccc1OCC(=O)O[C@H](C)C(=O)Nc1cc(F)ccc1F. The van der Waals surface area contributed by atoms with Crippen LogP contribution in [0.4, 0.5) is 14.5 Å². The van der Waals surface area contributed by atoms with Crippen LogP contribution < -0.4 is 14.8 Å². The summed E-state index contributed by atoms with van der Waals surface area (Å²) in [4.78, 5) is 35.3. The molecule has 7 nitrogen and oxygen atoms in total. The van der Waals surface area contributed by atoms with Crippen molar-refractivity contribution in [2.24, 2.45) is 0 Å². The Balaban J connectivity index is 1.92. The topological polar surface area (TPSA) is 90.9 Å². The molecule has 0 saturated heterocycles. The van der Waals surface area contributed by atoms with Crippen LogP contribution in [0.5, 0.6) is 11.5 Å². The van der Waals surface area contributed by atoms with Crippen LogP contribution >= 0.6 is 0 Å². The molecule has 2 aromatic carbocycles. The van der Waals surface area contributed by atoms with Gasteiger partial charge in [-0.3, -0.25) is 9.59 Å². The Kier molecular flexibility index (Phi) is 7.24. The van der Waals surface area contributed by atoms with Crippen LogP contribution in [0.3, 0.4) is 0 Å². The summed E-state index contributed by atoms with van der Waals surface area (Å²) < 4.78 is 42.1. The molecule has 0 fully saturated rings. The molecule has 0 radical (unpaired) electrons. The number of ether oxygens (including phenoxy) is 3. The lowest BCUT2D eigenvalue weighted by Gasteiger charge is -2.15. The zero-order valence-corrected chi connectivity index (χ0v) is 16.0. The number of esters is 1. The third-order valence-corrected chi connectivity index (χ3v) is 3.78. The Bertz CT molecular complexity index is 931. The number of rotatable bonds is 8. The number of nitrogens with one attached hydrogen (secondary N) is 1. The van der Waals surface area contributed by atoms with Crippen LogP contribution in [-0.2, 0) is 14.3 Å². The highest BCUT2D eigenvalue weighted by molar-refractivity contribution is 5.95. The van der Waals surface area contributed by atoms with E-state index in [0.29, 0.717) is 5.56 Å². The van der Waals surface area contributed by atoms with Gasteiger partial charge >= 0.3 is 5.97 Å². The van der Waals surface area contributed by atoms with Gasteiger partial charge in [-0.2, -0.15) is 0 Å². The maximum atomic E-state index is 13.6. The van der Waals surface area contributed by atoms with E-state index < -0.39 is 36.2 Å². The van der Waals surface area contributed by atoms with E-state index in [2.05, 4.69) is 5.32 Å². The van der Waals surface area contributed by atoms with Gasteiger partial charge in [0.1, 0.15) is 11.6 Å². The number of carbonyl (C=O) groups excluding carboxylic acids is 3. The maximum absolute atomic E-state index is 13.6. The molecule has 1 atom stereocenters. The number of halogens is 2. The van der Waals surface area contributed by atoms with Gasteiger partial charge in [0, 0.05) is 11.6 Å². The minimum absolute atomic E-state index is 0.163. The molecule has 0 aliphatic rings. The zero-order chi connectivity index (χ0) is 21.6. The standard InChI is InChI=1S/C20H19F2NO6/c1-11(24)13-4-7-17(18(8-13)27-3)28-10-19(25)29-12(2)20(26)23-16-9-14(21)5-6-15(16)22/h4-9,12H,10H2,1-3H3,(H,23,26)/t12-/m1/s1. The van der Waals surface area contributed by atoms with Crippen LogP contribution in [-0.4, -0.2) is 37.5 Å². The molecule has 29 heavy (non-hydrogen) atoms. The number of Topliss-reactive ketones (excluding diaryl/α,β-unsaturated/α-hetero) is 1. The van der Waals surface area contributed by atoms with Gasteiger partial charge in [-0.25, -0.2) is 13.6 Å². The average Bonchev–Trinajstić information content (AvgIpc) is 2.68. The number of hydrogen-bond donors (Lipinski definition) is 1. The summed E-state index contributed by atoms with van der Waals surface area (Å²) in [6.45, 7) is 2.13. The second kappa shape index (κ2) is 9.63. The summed E-state index contributed by atoms with van der Waals surface area (Å²) in [6.07, 6.45) is -1.28. The fourth-order valence-electron chi connectivity index (χ4n) is 2.25. The molecule has 9 heteroatoms. The molecular formula is C20H19F2NO6. The fraction of sp³-hybridized carbons (Fsp3) is 0.250. The second-order valence-electron chi connectivity index (χ2n) is 5.96. The molecule has 2 aromatic rings. The number of amides is 1. The highest BCUT2D eigenvalue weighted by atomic mass is 19.1. The van der Waals surface area contributed by atoms with Crippen molar-refractivity contribution in [1.82, 2.24) is 0 Å². The molecule has 0 saturated carbocycles. The van der Waals surface area contributed by atoms with Crippen molar-refractivity contribution in [1.29, 1.82) is 0 Å². The largest absolute Gasteiger partial charge is 0.493 e. The van der Waals surface area contributed by atoms with Gasteiger partial charge in [0.25, 0.3) is 5.91 Å². The van der Waals surface area contributed by atoms with Gasteiger partial charge in [-0.1, -0.05) is 0 Å². The summed E-state index contributed by atoms with van der Waals surface area (Å²) in [5, 5.41) is 2.14. The van der Waals surface area contributed by atoms with Gasteiger partial charge in [0.2, 0.25) is 0 Å². The summed E-state index contributed by atoms with van der Waals surface area (Å²) in [7, 11) is 1.38. The number of anilines is 1. The van der Waals surface area contributed by atoms with Crippen molar-refractivity contribution >= 4 is 23.3 Å². The first-order valence-corrected chi connectivity index (χ1v) is 8.48. The Morgan fingerprint density at radius 3 is 2.45 bits per heavy atom. The Labute approximate surface area is 165 Å². The molecule has 0 aromatic heterocycles. The lowest BCUT2D eigenvalue weighted by Crippen LogP contribution is -2.32. The Morgan fingerprint density at radius 2 is 1.79 bits per heavy atom. The predicted molar refractivity (Wildman–Crippen MR) is 99.0 cm³/mol. The molecular weight excluding hydrogens is 388 g/mol. The molecule has 0 unspecified atom stereocenters. The van der Waals surface area contributed by atoms with E-state index in [4.69, 9.17) is 14.2 Å². The summed E-state index contributed by atoms with van der Waals surface area (Å²) in [6, 6.07) is 7.01. The van der Waals surface area contributed by atoms with E-state index in [1.807, 2.05) is 0 Å². The third kappa shape index (κ3) is 6.00. The van der Waals surface area contributed by atoms with Crippen LogP contribution in [0.2, 0.25) is 0 Å². The molecule has 0 aliphatic heterocycles. The monoisotopic (exact) mass is 407 g/mol. The molecule has 1 amide bonds. The quantitative estimate of drug-likeness (QED) is 0.534. The first-order valence-electron chi connectivity index (χ1n) is 8.48. The lowest BCUT2D eigenvalue weighted by molar-refractivity contribution is -0.155. The Hall–Kier alpha value is -3.49. The normalized spacial score (nSPS) is 11.3. The molecule has 0 heterocycles. The van der Waals surface area contributed by atoms with Gasteiger partial charge < -0.3 is 19.5 Å². The maximum Gasteiger partial charge on any atom is 0.344 e. The highest BCUT2D eigenvalue weighted by Crippen LogP contribution is 2.28. The third-order valence-electron chi connectivity index (χ3n) is 3.78. The molecule has 0 bridgehead atoms. The summed E-state index contributed by atoms with van der Waals surface area (Å²) in [5.74, 6) is -2.99. The second-order valence-corrected chi connectivity index (χ2v) is 5.96. The van der Waals surface area contributed by atoms with Crippen LogP contribution in [0.15, 0.2) is 36.4 Å². The molecule has 1 N–H and O–H groups in total. The van der Waals surface area contributed by atoms with Gasteiger partial charge in [-0.05, 0) is 44.2 Å². The average molecular weight is 407 g/mol. The first kappa shape index (κ1) is 21.8. The first-order chi connectivity index (χ1) is 13.7. The van der Waals surface area contributed by atoms with E-state index in [-0.39, 0.29) is 23.0 Å². The fourth-order valence-corrected chi connectivity index (χ4v) is 2.25. The Morgan fingerprint density at radius 1 is 1.07 bits per heavy atom. The number of methoxy groups -OCH3 is 1. The van der Waals surface area contributed by atoms with E-state index in [9.17, 15) is 23.2 Å². The van der Waals surface area contributed by atoms with Crippen molar-refractivity contribution in [3.05, 3.63) is 53.6 Å². The van der Waals surface area contributed by atoms with Gasteiger partial charge in [0.15, 0.2) is 30.0 Å². The van der Waals surface area contributed by atoms with Crippen LogP contribution in [0, 0.1) is 11.6 Å². The number of carbonyl (C=O) groups is 3. The van der Waals surface area contributed by atoms with Crippen molar-refractivity contribution in [2.75, 3.05) is 19.0 Å². The smallest absolute Gasteiger partial charge is 0.344 e. The van der Waals surface area contributed by atoms with Gasteiger partial charge in [0.05, 0.1) is 12.8 Å². The number of hydrogen-bond acceptors (Lipinski definition) is 6. The highest BCUT2D eigenvalue weighted by Gasteiger charge is 2.20. The minimum atomic E-state index is -1.28. The van der Waals surface area contributed by atoms with E-state index >= 15 is 0 Å². The number of benzene rings is 2. The van der Waals surface area contributed by atoms with Crippen molar-refractivity contribution < 1.29 is 37.4 Å². The van der Waals surface area contributed by atoms with Crippen molar-refractivity contribution in [3.8, 4) is 11.5 Å². The molecule has 0 spiro atoms. The number of ketones is 1. The molecule has 154 valence electrons. The zero-order valence-electron chi connectivity index (χ0n) is 16.0. The lowest BCUT2D eigenvalue weighted by atomic mass is 10.1.